The molecule has 7 heteroatoms. The zero-order chi connectivity index (χ0) is 14.7. The fraction of sp³-hybridized carbons (Fsp3) is 0.308. The van der Waals surface area contributed by atoms with Gasteiger partial charge in [-0.05, 0) is 28.9 Å². The smallest absolute Gasteiger partial charge is 0.306 e. The Morgan fingerprint density at radius 3 is 2.90 bits per heavy atom. The average molecular weight is 362 g/mol. The first kappa shape index (κ1) is 15.1. The van der Waals surface area contributed by atoms with Gasteiger partial charge in [0.25, 0.3) is 0 Å². The molecule has 0 aliphatic carbocycles. The Bertz CT molecular complexity index is 666. The van der Waals surface area contributed by atoms with Crippen LogP contribution in [0.3, 0.4) is 0 Å². The van der Waals surface area contributed by atoms with E-state index in [0.29, 0.717) is 34.2 Å². The maximum absolute atomic E-state index is 13.3. The van der Waals surface area contributed by atoms with Gasteiger partial charge in [-0.2, -0.15) is 0 Å². The Hall–Kier alpha value is -1.27. The quantitative estimate of drug-likeness (QED) is 0.780. The highest BCUT2D eigenvalue weighted by Crippen LogP contribution is 2.25. The molecule has 0 fully saturated rings. The van der Waals surface area contributed by atoms with E-state index in [4.69, 9.17) is 16.3 Å². The highest BCUT2D eigenvalue weighted by molar-refractivity contribution is 9.10. The largest absolute Gasteiger partial charge is 0.466 e. The van der Waals surface area contributed by atoms with E-state index in [2.05, 4.69) is 25.9 Å². The lowest BCUT2D eigenvalue weighted by atomic mass is 10.2. The lowest BCUT2D eigenvalue weighted by Crippen LogP contribution is -2.07. The summed E-state index contributed by atoms with van der Waals surface area (Å²) >= 11 is 9.24. The van der Waals surface area contributed by atoms with Crippen molar-refractivity contribution < 1.29 is 13.9 Å². The number of rotatable bonds is 4. The molecule has 0 saturated heterocycles. The summed E-state index contributed by atoms with van der Waals surface area (Å²) in [7, 11) is 0. The SMILES string of the molecule is CCOC(=O)CCc1nc2c(Br)cc(F)cc2nc1Cl. The second-order valence-corrected chi connectivity index (χ2v) is 5.23. The Labute approximate surface area is 128 Å². The minimum absolute atomic E-state index is 0.166. The van der Waals surface area contributed by atoms with Crippen LogP contribution in [0.25, 0.3) is 11.0 Å². The van der Waals surface area contributed by atoms with Gasteiger partial charge in [0.1, 0.15) is 11.3 Å². The lowest BCUT2D eigenvalue weighted by molar-refractivity contribution is -0.143. The zero-order valence-electron chi connectivity index (χ0n) is 10.6. The van der Waals surface area contributed by atoms with Crippen LogP contribution in [0.2, 0.25) is 5.15 Å². The highest BCUT2D eigenvalue weighted by atomic mass is 79.9. The molecule has 0 atom stereocenters. The summed E-state index contributed by atoms with van der Waals surface area (Å²) in [5.74, 6) is -0.738. The van der Waals surface area contributed by atoms with E-state index in [-0.39, 0.29) is 17.5 Å². The van der Waals surface area contributed by atoms with Gasteiger partial charge in [0.05, 0.1) is 24.2 Å². The van der Waals surface area contributed by atoms with Crippen molar-refractivity contribution in [2.45, 2.75) is 19.8 Å². The molecule has 0 radical (unpaired) electrons. The third-order valence-electron chi connectivity index (χ3n) is 2.58. The van der Waals surface area contributed by atoms with Gasteiger partial charge in [0, 0.05) is 17.0 Å². The molecule has 0 bridgehead atoms. The molecule has 0 N–H and O–H groups in total. The number of nitrogens with zero attached hydrogens (tertiary/aromatic N) is 2. The maximum atomic E-state index is 13.3. The van der Waals surface area contributed by atoms with Crippen molar-refractivity contribution in [3.05, 3.63) is 33.3 Å². The van der Waals surface area contributed by atoms with E-state index >= 15 is 0 Å². The number of benzene rings is 1. The van der Waals surface area contributed by atoms with Gasteiger partial charge in [0.15, 0.2) is 5.15 Å². The molecule has 2 aromatic rings. The first-order valence-electron chi connectivity index (χ1n) is 5.98. The van der Waals surface area contributed by atoms with Crippen LogP contribution >= 0.6 is 27.5 Å². The van der Waals surface area contributed by atoms with Crippen LogP contribution in [-0.2, 0) is 16.0 Å². The van der Waals surface area contributed by atoms with Crippen LogP contribution < -0.4 is 0 Å². The van der Waals surface area contributed by atoms with Crippen LogP contribution in [0, 0.1) is 5.82 Å². The summed E-state index contributed by atoms with van der Waals surface area (Å²) in [6, 6.07) is 2.56. The predicted molar refractivity (Wildman–Crippen MR) is 77.2 cm³/mol. The highest BCUT2D eigenvalue weighted by Gasteiger charge is 2.12. The summed E-state index contributed by atoms with van der Waals surface area (Å²) in [4.78, 5) is 19.8. The van der Waals surface area contributed by atoms with Gasteiger partial charge < -0.3 is 4.74 Å². The number of hydrogen-bond acceptors (Lipinski definition) is 4. The van der Waals surface area contributed by atoms with Gasteiger partial charge >= 0.3 is 5.97 Å². The Balaban J connectivity index is 2.30. The summed E-state index contributed by atoms with van der Waals surface area (Å²) in [5, 5.41) is 0.166. The molecule has 0 amide bonds. The van der Waals surface area contributed by atoms with E-state index in [1.54, 1.807) is 6.92 Å². The molecule has 0 unspecified atom stereocenters. The number of halogens is 3. The Kier molecular flexibility index (Phi) is 4.88. The molecule has 1 heterocycles. The first-order chi connectivity index (χ1) is 9.51. The van der Waals surface area contributed by atoms with E-state index < -0.39 is 5.82 Å². The lowest BCUT2D eigenvalue weighted by Gasteiger charge is -2.06. The van der Waals surface area contributed by atoms with Crippen molar-refractivity contribution in [1.82, 2.24) is 9.97 Å². The van der Waals surface area contributed by atoms with Crippen LogP contribution in [0.15, 0.2) is 16.6 Å². The fourth-order valence-corrected chi connectivity index (χ4v) is 2.45. The molecule has 0 spiro atoms. The number of carbonyl (C=O) groups excluding carboxylic acids is 1. The third-order valence-corrected chi connectivity index (χ3v) is 3.49. The average Bonchev–Trinajstić information content (AvgIpc) is 2.36. The van der Waals surface area contributed by atoms with Gasteiger partial charge in [-0.15, -0.1) is 0 Å². The van der Waals surface area contributed by atoms with Gasteiger partial charge in [-0.1, -0.05) is 11.6 Å². The third kappa shape index (κ3) is 3.43. The second kappa shape index (κ2) is 6.45. The van der Waals surface area contributed by atoms with Crippen molar-refractivity contribution in [3.63, 3.8) is 0 Å². The van der Waals surface area contributed by atoms with E-state index in [9.17, 15) is 9.18 Å². The molecule has 106 valence electrons. The molecule has 20 heavy (non-hydrogen) atoms. The summed E-state index contributed by atoms with van der Waals surface area (Å²) in [6.45, 7) is 2.08. The second-order valence-electron chi connectivity index (χ2n) is 4.02. The maximum Gasteiger partial charge on any atom is 0.306 e. The number of aryl methyl sites for hydroxylation is 1. The number of esters is 1. The van der Waals surface area contributed by atoms with Crippen molar-refractivity contribution in [1.29, 1.82) is 0 Å². The summed E-state index contributed by atoms with van der Waals surface area (Å²) < 4.78 is 18.6. The van der Waals surface area contributed by atoms with Crippen LogP contribution in [0.4, 0.5) is 4.39 Å². The van der Waals surface area contributed by atoms with Crippen LogP contribution in [0.5, 0.6) is 0 Å². The molecule has 1 aromatic heterocycles. The fourth-order valence-electron chi connectivity index (χ4n) is 1.71. The molecule has 0 aliphatic heterocycles. The minimum Gasteiger partial charge on any atom is -0.466 e. The number of ether oxygens (including phenoxy) is 1. The van der Waals surface area contributed by atoms with E-state index in [1.807, 2.05) is 0 Å². The van der Waals surface area contributed by atoms with Crippen molar-refractivity contribution >= 4 is 44.5 Å². The molecule has 1 aromatic carbocycles. The Morgan fingerprint density at radius 1 is 1.45 bits per heavy atom. The van der Waals surface area contributed by atoms with Gasteiger partial charge in [-0.25, -0.2) is 14.4 Å². The number of hydrogen-bond donors (Lipinski definition) is 0. The monoisotopic (exact) mass is 360 g/mol. The number of fused-ring (bicyclic) bond motifs is 1. The van der Waals surface area contributed by atoms with E-state index in [0.717, 1.165) is 0 Å². The molecule has 0 saturated carbocycles. The molecule has 2 rings (SSSR count). The van der Waals surface area contributed by atoms with Crippen LogP contribution in [-0.4, -0.2) is 22.5 Å². The number of aromatic nitrogens is 2. The number of carbonyl (C=O) groups is 1. The van der Waals surface area contributed by atoms with Crippen LogP contribution in [0.1, 0.15) is 19.0 Å². The molecule has 0 aliphatic rings. The van der Waals surface area contributed by atoms with Crippen molar-refractivity contribution in [3.8, 4) is 0 Å². The minimum atomic E-state index is -0.422. The molecule has 4 nitrogen and oxygen atoms in total. The topological polar surface area (TPSA) is 52.1 Å². The Morgan fingerprint density at radius 2 is 2.20 bits per heavy atom. The standard InChI is InChI=1S/C13H11BrClFN2O2/c1-2-20-11(19)4-3-9-13(15)18-10-6-7(16)5-8(14)12(10)17-9/h5-6H,2-4H2,1H3. The zero-order valence-corrected chi connectivity index (χ0v) is 13.0. The van der Waals surface area contributed by atoms with Gasteiger partial charge in [-0.3, -0.25) is 4.79 Å². The predicted octanol–water partition coefficient (Wildman–Crippen LogP) is 3.68. The van der Waals surface area contributed by atoms with Crippen molar-refractivity contribution in [2.24, 2.45) is 0 Å². The van der Waals surface area contributed by atoms with Crippen molar-refractivity contribution in [2.75, 3.05) is 6.61 Å². The summed E-state index contributed by atoms with van der Waals surface area (Å²) in [5.41, 5.74) is 1.36. The normalized spacial score (nSPS) is 10.8. The van der Waals surface area contributed by atoms with Gasteiger partial charge in [0.2, 0.25) is 0 Å². The van der Waals surface area contributed by atoms with E-state index in [1.165, 1.54) is 12.1 Å². The molecular weight excluding hydrogens is 351 g/mol. The summed E-state index contributed by atoms with van der Waals surface area (Å²) in [6.07, 6.45) is 0.497. The first-order valence-corrected chi connectivity index (χ1v) is 7.15. The molecular formula is C13H11BrClFN2O2.